The van der Waals surface area contributed by atoms with Gasteiger partial charge in [-0.2, -0.15) is 0 Å². The maximum Gasteiger partial charge on any atom is 0.240 e. The molecule has 0 radical (unpaired) electrons. The van der Waals surface area contributed by atoms with Gasteiger partial charge in [-0.1, -0.05) is 20.3 Å². The maximum absolute atomic E-state index is 12.0. The van der Waals surface area contributed by atoms with E-state index in [9.17, 15) is 8.42 Å². The van der Waals surface area contributed by atoms with Gasteiger partial charge in [-0.05, 0) is 50.2 Å². The highest BCUT2D eigenvalue weighted by atomic mass is 32.2. The number of ether oxygens (including phenoxy) is 1. The Hall–Kier alpha value is -1.11. The lowest BCUT2D eigenvalue weighted by Crippen LogP contribution is -2.24. The predicted molar refractivity (Wildman–Crippen MR) is 85.2 cm³/mol. The van der Waals surface area contributed by atoms with Crippen molar-refractivity contribution in [1.29, 1.82) is 0 Å². The van der Waals surface area contributed by atoms with Gasteiger partial charge in [0.05, 0.1) is 11.5 Å². The standard InChI is InChI=1S/C15H26N2O3S/c1-3-5-12-17-21(18,19)15-9-7-14(8-10-15)20-13-6-11-16-4-2/h7-10,16-17H,3-6,11-13H2,1-2H3. The third kappa shape index (κ3) is 6.93. The lowest BCUT2D eigenvalue weighted by Gasteiger charge is -2.09. The molecule has 0 atom stereocenters. The number of hydrogen-bond acceptors (Lipinski definition) is 4. The zero-order valence-electron chi connectivity index (χ0n) is 12.9. The molecular formula is C15H26N2O3S. The normalized spacial score (nSPS) is 11.5. The molecule has 0 amide bonds. The molecule has 0 aromatic heterocycles. The van der Waals surface area contributed by atoms with Crippen molar-refractivity contribution in [2.24, 2.45) is 0 Å². The Labute approximate surface area is 128 Å². The molecule has 0 saturated heterocycles. The average Bonchev–Trinajstić information content (AvgIpc) is 2.48. The Morgan fingerprint density at radius 3 is 2.38 bits per heavy atom. The van der Waals surface area contributed by atoms with E-state index in [0.717, 1.165) is 32.4 Å². The van der Waals surface area contributed by atoms with E-state index in [1.165, 1.54) is 0 Å². The van der Waals surface area contributed by atoms with Gasteiger partial charge < -0.3 is 10.1 Å². The van der Waals surface area contributed by atoms with E-state index in [0.29, 0.717) is 18.9 Å². The van der Waals surface area contributed by atoms with E-state index in [1.807, 2.05) is 6.92 Å². The molecule has 5 nitrogen and oxygen atoms in total. The van der Waals surface area contributed by atoms with Gasteiger partial charge in [-0.3, -0.25) is 0 Å². The fourth-order valence-corrected chi connectivity index (χ4v) is 2.82. The minimum atomic E-state index is -3.40. The smallest absolute Gasteiger partial charge is 0.240 e. The predicted octanol–water partition coefficient (Wildman–Crippen LogP) is 2.14. The van der Waals surface area contributed by atoms with E-state index in [2.05, 4.69) is 17.0 Å². The lowest BCUT2D eigenvalue weighted by molar-refractivity contribution is 0.308. The van der Waals surface area contributed by atoms with Crippen molar-refractivity contribution in [2.45, 2.75) is 38.0 Å². The molecule has 0 heterocycles. The van der Waals surface area contributed by atoms with Crippen molar-refractivity contribution < 1.29 is 13.2 Å². The summed E-state index contributed by atoms with van der Waals surface area (Å²) in [5, 5.41) is 3.22. The summed E-state index contributed by atoms with van der Waals surface area (Å²) in [6.45, 7) is 7.06. The van der Waals surface area contributed by atoms with Crippen LogP contribution in [0, 0.1) is 0 Å². The molecule has 1 rings (SSSR count). The van der Waals surface area contributed by atoms with Crippen LogP contribution in [-0.2, 0) is 10.0 Å². The Morgan fingerprint density at radius 1 is 1.05 bits per heavy atom. The summed E-state index contributed by atoms with van der Waals surface area (Å²) >= 11 is 0. The quantitative estimate of drug-likeness (QED) is 0.614. The summed E-state index contributed by atoms with van der Waals surface area (Å²) < 4.78 is 32.1. The molecule has 0 saturated carbocycles. The van der Waals surface area contributed by atoms with Gasteiger partial charge in [-0.15, -0.1) is 0 Å². The summed E-state index contributed by atoms with van der Waals surface area (Å²) in [6, 6.07) is 6.55. The van der Waals surface area contributed by atoms with Crippen LogP contribution < -0.4 is 14.8 Å². The zero-order valence-corrected chi connectivity index (χ0v) is 13.7. The first-order valence-corrected chi connectivity index (χ1v) is 9.01. The fourth-order valence-electron chi connectivity index (χ4n) is 1.75. The first-order chi connectivity index (χ1) is 10.1. The van der Waals surface area contributed by atoms with Crippen LogP contribution in [0.15, 0.2) is 29.2 Å². The van der Waals surface area contributed by atoms with Gasteiger partial charge in [-0.25, -0.2) is 13.1 Å². The molecule has 6 heteroatoms. The number of sulfonamides is 1. The van der Waals surface area contributed by atoms with Gasteiger partial charge in [0.15, 0.2) is 0 Å². The molecule has 21 heavy (non-hydrogen) atoms. The lowest BCUT2D eigenvalue weighted by atomic mass is 10.3. The van der Waals surface area contributed by atoms with E-state index < -0.39 is 10.0 Å². The summed E-state index contributed by atoms with van der Waals surface area (Å²) in [7, 11) is -3.40. The first-order valence-electron chi connectivity index (χ1n) is 7.53. The second kappa shape index (κ2) is 9.76. The van der Waals surface area contributed by atoms with E-state index >= 15 is 0 Å². The summed E-state index contributed by atoms with van der Waals surface area (Å²) in [6.07, 6.45) is 2.72. The van der Waals surface area contributed by atoms with Gasteiger partial charge in [0.25, 0.3) is 0 Å². The monoisotopic (exact) mass is 314 g/mol. The molecule has 1 aromatic rings. The minimum Gasteiger partial charge on any atom is -0.494 e. The molecule has 1 aromatic carbocycles. The molecule has 2 N–H and O–H groups in total. The van der Waals surface area contributed by atoms with E-state index in [1.54, 1.807) is 24.3 Å². The molecule has 120 valence electrons. The molecule has 0 aliphatic carbocycles. The Bertz CT molecular complexity index is 486. The first kappa shape index (κ1) is 17.9. The Kier molecular flexibility index (Phi) is 8.34. The summed E-state index contributed by atoms with van der Waals surface area (Å²) in [5.41, 5.74) is 0. The largest absolute Gasteiger partial charge is 0.494 e. The highest BCUT2D eigenvalue weighted by Gasteiger charge is 2.12. The van der Waals surface area contributed by atoms with Gasteiger partial charge in [0.2, 0.25) is 10.0 Å². The molecule has 0 spiro atoms. The molecular weight excluding hydrogens is 288 g/mol. The molecule has 0 bridgehead atoms. The number of hydrogen-bond donors (Lipinski definition) is 2. The van der Waals surface area contributed by atoms with Crippen molar-refractivity contribution in [3.8, 4) is 5.75 Å². The van der Waals surface area contributed by atoms with Crippen molar-refractivity contribution in [1.82, 2.24) is 10.0 Å². The Balaban J connectivity index is 2.45. The highest BCUT2D eigenvalue weighted by molar-refractivity contribution is 7.89. The van der Waals surface area contributed by atoms with Gasteiger partial charge >= 0.3 is 0 Å². The average molecular weight is 314 g/mol. The molecule has 0 unspecified atom stereocenters. The minimum absolute atomic E-state index is 0.276. The number of benzene rings is 1. The fraction of sp³-hybridized carbons (Fsp3) is 0.600. The number of rotatable bonds is 11. The second-order valence-electron chi connectivity index (χ2n) is 4.78. The molecule has 0 fully saturated rings. The molecule has 0 aliphatic heterocycles. The van der Waals surface area contributed by atoms with Crippen molar-refractivity contribution >= 4 is 10.0 Å². The molecule has 0 aliphatic rings. The maximum atomic E-state index is 12.0. The van der Waals surface area contributed by atoms with E-state index in [4.69, 9.17) is 4.74 Å². The third-order valence-electron chi connectivity index (χ3n) is 2.97. The van der Waals surface area contributed by atoms with Crippen LogP contribution in [-0.4, -0.2) is 34.7 Å². The summed E-state index contributed by atoms with van der Waals surface area (Å²) in [5.74, 6) is 0.694. The third-order valence-corrected chi connectivity index (χ3v) is 4.45. The van der Waals surface area contributed by atoms with Crippen LogP contribution in [0.3, 0.4) is 0 Å². The van der Waals surface area contributed by atoms with E-state index in [-0.39, 0.29) is 4.90 Å². The van der Waals surface area contributed by atoms with Gasteiger partial charge in [0.1, 0.15) is 5.75 Å². The topological polar surface area (TPSA) is 67.4 Å². The van der Waals surface area contributed by atoms with Crippen LogP contribution in [0.25, 0.3) is 0 Å². The van der Waals surface area contributed by atoms with Crippen LogP contribution in [0.2, 0.25) is 0 Å². The van der Waals surface area contributed by atoms with Gasteiger partial charge in [0, 0.05) is 6.54 Å². The SMILES string of the molecule is CCCCNS(=O)(=O)c1ccc(OCCCNCC)cc1. The van der Waals surface area contributed by atoms with Crippen LogP contribution >= 0.6 is 0 Å². The number of nitrogens with one attached hydrogen (secondary N) is 2. The van der Waals surface area contributed by atoms with Crippen LogP contribution in [0.5, 0.6) is 5.75 Å². The van der Waals surface area contributed by atoms with Crippen LogP contribution in [0.1, 0.15) is 33.1 Å². The number of unbranched alkanes of at least 4 members (excludes halogenated alkanes) is 1. The second-order valence-corrected chi connectivity index (χ2v) is 6.55. The van der Waals surface area contributed by atoms with Crippen LogP contribution in [0.4, 0.5) is 0 Å². The summed E-state index contributed by atoms with van der Waals surface area (Å²) in [4.78, 5) is 0.276. The van der Waals surface area contributed by atoms with Crippen molar-refractivity contribution in [3.63, 3.8) is 0 Å². The Morgan fingerprint density at radius 2 is 1.76 bits per heavy atom. The zero-order chi connectivity index (χ0) is 15.6. The van der Waals surface area contributed by atoms with Crippen molar-refractivity contribution in [3.05, 3.63) is 24.3 Å². The highest BCUT2D eigenvalue weighted by Crippen LogP contribution is 2.16. The van der Waals surface area contributed by atoms with Crippen molar-refractivity contribution in [2.75, 3.05) is 26.2 Å².